The van der Waals surface area contributed by atoms with Gasteiger partial charge in [-0.1, -0.05) is 12.2 Å². The van der Waals surface area contributed by atoms with Crippen LogP contribution in [0.5, 0.6) is 5.75 Å². The summed E-state index contributed by atoms with van der Waals surface area (Å²) in [5.41, 5.74) is 0.640. The summed E-state index contributed by atoms with van der Waals surface area (Å²) in [5, 5.41) is 10.7. The molecule has 0 saturated heterocycles. The maximum Gasteiger partial charge on any atom is 0.280 e. The number of nitro groups is 1. The highest BCUT2D eigenvalue weighted by Gasteiger charge is 2.12. The highest BCUT2D eigenvalue weighted by molar-refractivity contribution is 5.62. The molecule has 4 heteroatoms. The largest absolute Gasteiger partial charge is 0.497 e. The fraction of sp³-hybridized carbons (Fsp3) is 0.200. The van der Waals surface area contributed by atoms with Gasteiger partial charge in [-0.05, 0) is 19.1 Å². The molecule has 0 saturated carbocycles. The van der Waals surface area contributed by atoms with Crippen molar-refractivity contribution in [1.29, 1.82) is 0 Å². The van der Waals surface area contributed by atoms with Crippen LogP contribution in [0.3, 0.4) is 0 Å². The average Bonchev–Trinajstić information content (AvgIpc) is 2.18. The van der Waals surface area contributed by atoms with Crippen molar-refractivity contribution in [2.75, 3.05) is 7.11 Å². The van der Waals surface area contributed by atoms with Gasteiger partial charge < -0.3 is 4.74 Å². The average molecular weight is 193 g/mol. The number of rotatable bonds is 3. The van der Waals surface area contributed by atoms with Gasteiger partial charge >= 0.3 is 0 Å². The SMILES string of the molecule is C/C=C/c1ccc(OC)cc1[N+](=O)[O-]. The van der Waals surface area contributed by atoms with E-state index in [9.17, 15) is 10.1 Å². The molecule has 0 aliphatic heterocycles. The number of nitrogens with zero attached hydrogens (tertiary/aromatic N) is 1. The Morgan fingerprint density at radius 2 is 2.21 bits per heavy atom. The molecular weight excluding hydrogens is 182 g/mol. The lowest BCUT2D eigenvalue weighted by molar-refractivity contribution is -0.385. The van der Waals surface area contributed by atoms with Gasteiger partial charge in [-0.2, -0.15) is 0 Å². The van der Waals surface area contributed by atoms with E-state index in [0.717, 1.165) is 0 Å². The van der Waals surface area contributed by atoms with Gasteiger partial charge in [0.1, 0.15) is 5.75 Å². The zero-order chi connectivity index (χ0) is 10.6. The summed E-state index contributed by atoms with van der Waals surface area (Å²) < 4.78 is 4.91. The lowest BCUT2D eigenvalue weighted by atomic mass is 10.1. The van der Waals surface area contributed by atoms with Crippen LogP contribution in [0.1, 0.15) is 12.5 Å². The van der Waals surface area contributed by atoms with Gasteiger partial charge in [0.25, 0.3) is 5.69 Å². The predicted octanol–water partition coefficient (Wildman–Crippen LogP) is 2.64. The summed E-state index contributed by atoms with van der Waals surface area (Å²) in [5.74, 6) is 0.491. The molecule has 14 heavy (non-hydrogen) atoms. The lowest BCUT2D eigenvalue weighted by Crippen LogP contribution is -1.92. The molecular formula is C10H11NO3. The molecule has 0 N–H and O–H groups in total. The molecule has 0 spiro atoms. The molecule has 1 aromatic rings. The van der Waals surface area contributed by atoms with Crippen molar-refractivity contribution in [1.82, 2.24) is 0 Å². The second kappa shape index (κ2) is 4.41. The highest BCUT2D eigenvalue weighted by Crippen LogP contribution is 2.25. The normalized spacial score (nSPS) is 10.4. The Hall–Kier alpha value is -1.84. The monoisotopic (exact) mass is 193 g/mol. The van der Waals surface area contributed by atoms with Gasteiger partial charge in [0.05, 0.1) is 23.7 Å². The van der Waals surface area contributed by atoms with Crippen molar-refractivity contribution in [2.24, 2.45) is 0 Å². The van der Waals surface area contributed by atoms with E-state index in [1.165, 1.54) is 13.2 Å². The minimum absolute atomic E-state index is 0.0578. The summed E-state index contributed by atoms with van der Waals surface area (Å²) in [4.78, 5) is 10.3. The predicted molar refractivity (Wildman–Crippen MR) is 54.4 cm³/mol. The van der Waals surface area contributed by atoms with E-state index in [1.807, 2.05) is 6.92 Å². The molecule has 0 radical (unpaired) electrons. The fourth-order valence-corrected chi connectivity index (χ4v) is 1.13. The molecule has 0 aromatic heterocycles. The third-order valence-electron chi connectivity index (χ3n) is 1.78. The lowest BCUT2D eigenvalue weighted by Gasteiger charge is -2.01. The second-order valence-corrected chi connectivity index (χ2v) is 2.68. The Morgan fingerprint density at radius 3 is 2.71 bits per heavy atom. The first kappa shape index (κ1) is 10.2. The first-order valence-electron chi connectivity index (χ1n) is 4.14. The molecule has 0 atom stereocenters. The van der Waals surface area contributed by atoms with Crippen LogP contribution < -0.4 is 4.74 Å². The molecule has 0 aliphatic rings. The zero-order valence-electron chi connectivity index (χ0n) is 8.06. The molecule has 0 bridgehead atoms. The van der Waals surface area contributed by atoms with Crippen molar-refractivity contribution in [3.8, 4) is 5.75 Å². The summed E-state index contributed by atoms with van der Waals surface area (Å²) in [6.07, 6.45) is 3.45. The summed E-state index contributed by atoms with van der Waals surface area (Å²) in [6, 6.07) is 4.77. The maximum atomic E-state index is 10.7. The standard InChI is InChI=1S/C10H11NO3/c1-3-4-8-5-6-9(14-2)7-10(8)11(12)13/h3-7H,1-2H3/b4-3+. The fourth-order valence-electron chi connectivity index (χ4n) is 1.13. The van der Waals surface area contributed by atoms with E-state index in [2.05, 4.69) is 0 Å². The summed E-state index contributed by atoms with van der Waals surface area (Å²) in [6.45, 7) is 1.81. The smallest absolute Gasteiger partial charge is 0.280 e. The molecule has 0 amide bonds. The molecule has 0 heterocycles. The van der Waals surface area contributed by atoms with Crippen LogP contribution in [0, 0.1) is 10.1 Å². The van der Waals surface area contributed by atoms with Crippen LogP contribution >= 0.6 is 0 Å². The van der Waals surface area contributed by atoms with Gasteiger partial charge in [-0.25, -0.2) is 0 Å². The van der Waals surface area contributed by atoms with Crippen molar-refractivity contribution >= 4 is 11.8 Å². The van der Waals surface area contributed by atoms with Gasteiger partial charge in [-0.15, -0.1) is 0 Å². The van der Waals surface area contributed by atoms with Crippen LogP contribution in [-0.4, -0.2) is 12.0 Å². The van der Waals surface area contributed by atoms with Gasteiger partial charge in [0, 0.05) is 0 Å². The Labute approximate surface area is 82.0 Å². The number of methoxy groups -OCH3 is 1. The van der Waals surface area contributed by atoms with E-state index in [-0.39, 0.29) is 5.69 Å². The molecule has 0 fully saturated rings. The van der Waals surface area contributed by atoms with Gasteiger partial charge in [-0.3, -0.25) is 10.1 Å². The van der Waals surface area contributed by atoms with Crippen LogP contribution in [-0.2, 0) is 0 Å². The summed E-state index contributed by atoms with van der Waals surface area (Å²) in [7, 11) is 1.48. The van der Waals surface area contributed by atoms with E-state index < -0.39 is 4.92 Å². The number of hydrogen-bond donors (Lipinski definition) is 0. The first-order chi connectivity index (χ1) is 6.69. The molecule has 1 rings (SSSR count). The van der Waals surface area contributed by atoms with E-state index in [0.29, 0.717) is 11.3 Å². The van der Waals surface area contributed by atoms with Crippen molar-refractivity contribution in [3.05, 3.63) is 40.0 Å². The Balaban J connectivity index is 3.23. The maximum absolute atomic E-state index is 10.7. The molecule has 0 unspecified atom stereocenters. The minimum atomic E-state index is -0.419. The molecule has 1 aromatic carbocycles. The summed E-state index contributed by atoms with van der Waals surface area (Å²) >= 11 is 0. The van der Waals surface area contributed by atoms with Crippen LogP contribution in [0.25, 0.3) is 6.08 Å². The van der Waals surface area contributed by atoms with E-state index in [4.69, 9.17) is 4.74 Å². The Kier molecular flexibility index (Phi) is 3.23. The Bertz CT molecular complexity index is 372. The highest BCUT2D eigenvalue weighted by atomic mass is 16.6. The minimum Gasteiger partial charge on any atom is -0.497 e. The number of benzene rings is 1. The number of ether oxygens (including phenoxy) is 1. The van der Waals surface area contributed by atoms with Crippen LogP contribution in [0.15, 0.2) is 24.3 Å². The quantitative estimate of drug-likeness (QED) is 0.547. The van der Waals surface area contributed by atoms with Crippen LogP contribution in [0.4, 0.5) is 5.69 Å². The zero-order valence-corrected chi connectivity index (χ0v) is 8.06. The van der Waals surface area contributed by atoms with Gasteiger partial charge in [0.15, 0.2) is 0 Å². The molecule has 4 nitrogen and oxygen atoms in total. The van der Waals surface area contributed by atoms with Gasteiger partial charge in [0.2, 0.25) is 0 Å². The van der Waals surface area contributed by atoms with E-state index >= 15 is 0 Å². The van der Waals surface area contributed by atoms with E-state index in [1.54, 1.807) is 24.3 Å². The molecule has 0 aliphatic carbocycles. The molecule has 74 valence electrons. The van der Waals surface area contributed by atoms with Crippen molar-refractivity contribution in [3.63, 3.8) is 0 Å². The van der Waals surface area contributed by atoms with Crippen molar-refractivity contribution < 1.29 is 9.66 Å². The number of allylic oxidation sites excluding steroid dienone is 1. The Morgan fingerprint density at radius 1 is 1.50 bits per heavy atom. The third kappa shape index (κ3) is 2.10. The number of nitro benzene ring substituents is 1. The topological polar surface area (TPSA) is 52.4 Å². The third-order valence-corrected chi connectivity index (χ3v) is 1.78. The van der Waals surface area contributed by atoms with Crippen molar-refractivity contribution in [2.45, 2.75) is 6.92 Å². The number of hydrogen-bond acceptors (Lipinski definition) is 3. The second-order valence-electron chi connectivity index (χ2n) is 2.68. The van der Waals surface area contributed by atoms with Crippen LogP contribution in [0.2, 0.25) is 0 Å². The first-order valence-corrected chi connectivity index (χ1v) is 4.14.